The third kappa shape index (κ3) is 6.96. The van der Waals surface area contributed by atoms with E-state index in [-0.39, 0.29) is 24.0 Å². The number of aliphatic imine (C=N–C) groups is 1. The Morgan fingerprint density at radius 3 is 2.38 bits per heavy atom. The fourth-order valence-corrected chi connectivity index (χ4v) is 2.81. The summed E-state index contributed by atoms with van der Waals surface area (Å²) < 4.78 is 10.8. The predicted molar refractivity (Wildman–Crippen MR) is 111 cm³/mol. The molecule has 5 nitrogen and oxygen atoms in total. The number of rotatable bonds is 7. The molecule has 2 N–H and O–H groups in total. The average molecular weight is 461 g/mol. The molecule has 0 bridgehead atoms. The molecule has 0 fully saturated rings. The lowest BCUT2D eigenvalue weighted by Crippen LogP contribution is -2.38. The number of nitrogens with one attached hydrogen (secondary N) is 2. The van der Waals surface area contributed by atoms with Crippen molar-refractivity contribution in [1.82, 2.24) is 10.6 Å². The number of hydrogen-bond acceptors (Lipinski definition) is 4. The summed E-state index contributed by atoms with van der Waals surface area (Å²) in [4.78, 5) is 6.81. The fourth-order valence-electron chi connectivity index (χ4n) is 1.98. The van der Waals surface area contributed by atoms with E-state index in [1.54, 1.807) is 25.5 Å². The lowest BCUT2D eigenvalue weighted by molar-refractivity contribution is 0.321. The normalized spacial score (nSPS) is 10.7. The highest BCUT2D eigenvalue weighted by atomic mass is 127. The number of guanidine groups is 1. The zero-order valence-corrected chi connectivity index (χ0v) is 17.3. The molecule has 0 aliphatic heterocycles. The number of nitrogens with zero attached hydrogens (tertiary/aromatic N) is 1. The number of aryl methyl sites for hydroxylation is 1. The van der Waals surface area contributed by atoms with Crippen LogP contribution in [0.25, 0.3) is 0 Å². The van der Waals surface area contributed by atoms with E-state index in [1.807, 2.05) is 24.3 Å². The van der Waals surface area contributed by atoms with Crippen LogP contribution in [0.4, 0.5) is 0 Å². The zero-order valence-electron chi connectivity index (χ0n) is 14.2. The van der Waals surface area contributed by atoms with Crippen LogP contribution in [-0.2, 0) is 6.54 Å². The minimum absolute atomic E-state index is 0. The Hall–Kier alpha value is -1.48. The van der Waals surface area contributed by atoms with Crippen molar-refractivity contribution in [3.8, 4) is 11.5 Å². The van der Waals surface area contributed by atoms with Crippen LogP contribution in [0.2, 0.25) is 0 Å². The quantitative estimate of drug-likeness (QED) is 0.287. The molecule has 0 aliphatic rings. The van der Waals surface area contributed by atoms with Crippen LogP contribution in [0.3, 0.4) is 0 Å². The highest BCUT2D eigenvalue weighted by molar-refractivity contribution is 14.0. The number of hydrogen-bond donors (Lipinski definition) is 2. The van der Waals surface area contributed by atoms with Crippen molar-refractivity contribution in [2.45, 2.75) is 13.5 Å². The largest absolute Gasteiger partial charge is 0.497 e. The van der Waals surface area contributed by atoms with E-state index in [0.29, 0.717) is 13.2 Å². The molecule has 0 atom stereocenters. The first kappa shape index (κ1) is 20.6. The van der Waals surface area contributed by atoms with E-state index in [9.17, 15) is 0 Å². The van der Waals surface area contributed by atoms with Crippen molar-refractivity contribution in [3.63, 3.8) is 0 Å². The molecule has 132 valence electrons. The molecular weight excluding hydrogens is 437 g/mol. The van der Waals surface area contributed by atoms with Gasteiger partial charge in [0.2, 0.25) is 0 Å². The van der Waals surface area contributed by atoms with Gasteiger partial charge in [-0.25, -0.2) is 0 Å². The van der Waals surface area contributed by atoms with Crippen molar-refractivity contribution >= 4 is 41.3 Å². The third-order valence-electron chi connectivity index (χ3n) is 3.17. The van der Waals surface area contributed by atoms with Gasteiger partial charge in [0.25, 0.3) is 0 Å². The molecule has 24 heavy (non-hydrogen) atoms. The van der Waals surface area contributed by atoms with E-state index in [4.69, 9.17) is 9.47 Å². The molecule has 0 aliphatic carbocycles. The first-order chi connectivity index (χ1) is 11.2. The molecule has 0 spiro atoms. The van der Waals surface area contributed by atoms with Gasteiger partial charge in [0.1, 0.15) is 18.1 Å². The number of ether oxygens (including phenoxy) is 2. The molecular formula is C17H24IN3O2S. The first-order valence-electron chi connectivity index (χ1n) is 7.48. The summed E-state index contributed by atoms with van der Waals surface area (Å²) in [5.74, 6) is 2.42. The lowest BCUT2D eigenvalue weighted by atomic mass is 10.3. The van der Waals surface area contributed by atoms with Crippen molar-refractivity contribution in [1.29, 1.82) is 0 Å². The summed E-state index contributed by atoms with van der Waals surface area (Å²) in [6.45, 7) is 4.12. The van der Waals surface area contributed by atoms with Gasteiger partial charge in [0.05, 0.1) is 20.2 Å². The molecule has 2 aromatic rings. The Labute approximate surface area is 164 Å². The minimum Gasteiger partial charge on any atom is -0.497 e. The summed E-state index contributed by atoms with van der Waals surface area (Å²) in [5.41, 5.74) is 0. The molecule has 1 aromatic heterocycles. The van der Waals surface area contributed by atoms with Gasteiger partial charge in [-0.3, -0.25) is 4.99 Å². The predicted octanol–water partition coefficient (Wildman–Crippen LogP) is 3.43. The van der Waals surface area contributed by atoms with Gasteiger partial charge in [-0.15, -0.1) is 35.3 Å². The van der Waals surface area contributed by atoms with Crippen molar-refractivity contribution in [2.75, 3.05) is 27.3 Å². The van der Waals surface area contributed by atoms with Crippen molar-refractivity contribution in [2.24, 2.45) is 4.99 Å². The second-order valence-electron chi connectivity index (χ2n) is 4.89. The summed E-state index contributed by atoms with van der Waals surface area (Å²) in [7, 11) is 3.41. The summed E-state index contributed by atoms with van der Waals surface area (Å²) in [6.07, 6.45) is 0. The molecule has 2 rings (SSSR count). The van der Waals surface area contributed by atoms with Crippen molar-refractivity contribution < 1.29 is 9.47 Å². The standard InChI is InChI=1S/C17H23N3O2S.HI/c1-13-4-9-16(23-13)12-20-17(18-2)19-10-11-22-15-7-5-14(21-3)6-8-15;/h4-9H,10-12H2,1-3H3,(H2,18,19,20);1H. The van der Waals surface area contributed by atoms with E-state index < -0.39 is 0 Å². The first-order valence-corrected chi connectivity index (χ1v) is 8.29. The fraction of sp³-hybridized carbons (Fsp3) is 0.353. The molecule has 0 radical (unpaired) electrons. The van der Waals surface area contributed by atoms with Crippen LogP contribution in [0, 0.1) is 6.92 Å². The zero-order chi connectivity index (χ0) is 16.5. The maximum absolute atomic E-state index is 5.67. The van der Waals surface area contributed by atoms with Gasteiger partial charge < -0.3 is 20.1 Å². The highest BCUT2D eigenvalue weighted by Gasteiger charge is 2.00. The van der Waals surface area contributed by atoms with Crippen LogP contribution in [0.15, 0.2) is 41.4 Å². The minimum atomic E-state index is 0. The number of methoxy groups -OCH3 is 1. The Morgan fingerprint density at radius 1 is 1.08 bits per heavy atom. The van der Waals surface area contributed by atoms with Crippen LogP contribution < -0.4 is 20.1 Å². The summed E-state index contributed by atoms with van der Waals surface area (Å²) in [5, 5.41) is 6.52. The highest BCUT2D eigenvalue weighted by Crippen LogP contribution is 2.16. The number of benzene rings is 1. The molecule has 7 heteroatoms. The topological polar surface area (TPSA) is 54.9 Å². The Bertz CT molecular complexity index is 629. The lowest BCUT2D eigenvalue weighted by Gasteiger charge is -2.12. The van der Waals surface area contributed by atoms with E-state index in [2.05, 4.69) is 34.7 Å². The number of halogens is 1. The van der Waals surface area contributed by atoms with Gasteiger partial charge in [-0.05, 0) is 43.3 Å². The Kier molecular flexibility index (Phi) is 9.55. The maximum Gasteiger partial charge on any atom is 0.191 e. The average Bonchev–Trinajstić information content (AvgIpc) is 3.00. The van der Waals surface area contributed by atoms with Gasteiger partial charge in [0.15, 0.2) is 5.96 Å². The van der Waals surface area contributed by atoms with Gasteiger partial charge in [-0.1, -0.05) is 0 Å². The molecule has 1 heterocycles. The summed E-state index contributed by atoms with van der Waals surface area (Å²) >= 11 is 1.79. The number of thiophene rings is 1. The molecule has 0 unspecified atom stereocenters. The Morgan fingerprint density at radius 2 is 1.79 bits per heavy atom. The third-order valence-corrected chi connectivity index (χ3v) is 4.17. The maximum atomic E-state index is 5.67. The van der Waals surface area contributed by atoms with Crippen LogP contribution in [-0.4, -0.2) is 33.3 Å². The molecule has 0 saturated carbocycles. The van der Waals surface area contributed by atoms with Gasteiger partial charge >= 0.3 is 0 Å². The molecule has 0 amide bonds. The Balaban J connectivity index is 0.00000288. The summed E-state index contributed by atoms with van der Waals surface area (Å²) in [6, 6.07) is 11.8. The van der Waals surface area contributed by atoms with Crippen LogP contribution >= 0.6 is 35.3 Å². The molecule has 0 saturated heterocycles. The van der Waals surface area contributed by atoms with E-state index >= 15 is 0 Å². The van der Waals surface area contributed by atoms with Gasteiger partial charge in [0, 0.05) is 16.8 Å². The smallest absolute Gasteiger partial charge is 0.191 e. The van der Waals surface area contributed by atoms with Crippen molar-refractivity contribution in [3.05, 3.63) is 46.2 Å². The van der Waals surface area contributed by atoms with E-state index in [1.165, 1.54) is 9.75 Å². The monoisotopic (exact) mass is 461 g/mol. The second kappa shape index (κ2) is 11.1. The van der Waals surface area contributed by atoms with E-state index in [0.717, 1.165) is 24.0 Å². The van der Waals surface area contributed by atoms with Crippen LogP contribution in [0.1, 0.15) is 9.75 Å². The van der Waals surface area contributed by atoms with Crippen LogP contribution in [0.5, 0.6) is 11.5 Å². The molecule has 1 aromatic carbocycles. The van der Waals surface area contributed by atoms with Gasteiger partial charge in [-0.2, -0.15) is 0 Å². The SMILES string of the molecule is CN=C(NCCOc1ccc(OC)cc1)NCc1ccc(C)s1.I. The second-order valence-corrected chi connectivity index (χ2v) is 6.26.